The van der Waals surface area contributed by atoms with Gasteiger partial charge in [-0.15, -0.1) is 6.58 Å². The molecule has 0 aromatic carbocycles. The summed E-state index contributed by atoms with van der Waals surface area (Å²) in [6.45, 7) is 5.83. The first-order valence-electron chi connectivity index (χ1n) is 3.19. The van der Waals surface area contributed by atoms with Crippen LogP contribution in [0.1, 0.15) is 6.92 Å². The Labute approximate surface area is 61.5 Å². The summed E-state index contributed by atoms with van der Waals surface area (Å²) in [6, 6.07) is 0.201. The van der Waals surface area contributed by atoms with E-state index in [1.165, 1.54) is 0 Å². The number of hydrogen-bond acceptors (Lipinski definition) is 2. The largest absolute Gasteiger partial charge is 0.369 e. The highest BCUT2D eigenvalue weighted by molar-refractivity contribution is 5.75. The minimum atomic E-state index is -0.309. The molecule has 2 N–H and O–H groups in total. The number of primary amides is 1. The molecule has 1 atom stereocenters. The molecule has 0 fully saturated rings. The number of carbonyl (C=O) groups is 1. The first kappa shape index (κ1) is 9.17. The molecule has 0 aliphatic rings. The van der Waals surface area contributed by atoms with Crippen LogP contribution < -0.4 is 5.73 Å². The number of hydrogen-bond donors (Lipinski definition) is 1. The second-order valence-corrected chi connectivity index (χ2v) is 2.36. The first-order valence-corrected chi connectivity index (χ1v) is 3.19. The zero-order valence-electron chi connectivity index (χ0n) is 6.50. The predicted molar refractivity (Wildman–Crippen MR) is 41.5 cm³/mol. The minimum absolute atomic E-state index is 0.201. The van der Waals surface area contributed by atoms with Gasteiger partial charge in [0.25, 0.3) is 0 Å². The molecular weight excluding hydrogens is 128 g/mol. The quantitative estimate of drug-likeness (QED) is 0.561. The SMILES string of the molecule is C=CC(C)N(C)CC(N)=O. The van der Waals surface area contributed by atoms with E-state index in [4.69, 9.17) is 5.73 Å². The molecule has 0 aliphatic carbocycles. The molecule has 0 saturated heterocycles. The second kappa shape index (κ2) is 4.06. The van der Waals surface area contributed by atoms with E-state index in [9.17, 15) is 4.79 Å². The van der Waals surface area contributed by atoms with Gasteiger partial charge in [-0.1, -0.05) is 6.08 Å². The average molecular weight is 142 g/mol. The van der Waals surface area contributed by atoms with Crippen molar-refractivity contribution in [2.45, 2.75) is 13.0 Å². The lowest BCUT2D eigenvalue weighted by Gasteiger charge is -2.19. The number of rotatable bonds is 4. The minimum Gasteiger partial charge on any atom is -0.369 e. The molecule has 3 heteroatoms. The van der Waals surface area contributed by atoms with Crippen molar-refractivity contribution in [3.05, 3.63) is 12.7 Å². The first-order chi connectivity index (χ1) is 4.57. The van der Waals surface area contributed by atoms with Crippen molar-refractivity contribution < 1.29 is 4.79 Å². The van der Waals surface area contributed by atoms with Crippen LogP contribution in [0, 0.1) is 0 Å². The van der Waals surface area contributed by atoms with Gasteiger partial charge in [0.2, 0.25) is 5.91 Å². The fourth-order valence-corrected chi connectivity index (χ4v) is 0.570. The standard InChI is InChI=1S/C7H14N2O/c1-4-6(2)9(3)5-7(8)10/h4,6H,1,5H2,2-3H3,(H2,8,10). The smallest absolute Gasteiger partial charge is 0.231 e. The summed E-state index contributed by atoms with van der Waals surface area (Å²) in [5.41, 5.74) is 4.97. The molecule has 58 valence electrons. The van der Waals surface area contributed by atoms with Crippen molar-refractivity contribution in [1.29, 1.82) is 0 Å². The maximum atomic E-state index is 10.4. The molecule has 1 amide bonds. The molecule has 3 nitrogen and oxygen atoms in total. The Morgan fingerprint density at radius 1 is 1.90 bits per heavy atom. The third kappa shape index (κ3) is 3.25. The fraction of sp³-hybridized carbons (Fsp3) is 0.571. The third-order valence-electron chi connectivity index (χ3n) is 1.44. The average Bonchev–Trinajstić information content (AvgIpc) is 1.85. The van der Waals surface area contributed by atoms with Crippen LogP contribution in [0.25, 0.3) is 0 Å². The van der Waals surface area contributed by atoms with Crippen molar-refractivity contribution in [2.75, 3.05) is 13.6 Å². The molecular formula is C7H14N2O. The zero-order valence-corrected chi connectivity index (χ0v) is 6.50. The number of nitrogens with zero attached hydrogens (tertiary/aromatic N) is 1. The van der Waals surface area contributed by atoms with E-state index in [0.29, 0.717) is 0 Å². The van der Waals surface area contributed by atoms with Gasteiger partial charge in [0.15, 0.2) is 0 Å². The molecule has 0 aliphatic heterocycles. The summed E-state index contributed by atoms with van der Waals surface area (Å²) in [4.78, 5) is 12.2. The normalized spacial score (nSPS) is 13.1. The van der Waals surface area contributed by atoms with E-state index in [1.54, 1.807) is 6.08 Å². The number of amides is 1. The van der Waals surface area contributed by atoms with Crippen molar-refractivity contribution in [3.63, 3.8) is 0 Å². The van der Waals surface area contributed by atoms with Crippen LogP contribution in [0.15, 0.2) is 12.7 Å². The van der Waals surface area contributed by atoms with Crippen LogP contribution >= 0.6 is 0 Å². The van der Waals surface area contributed by atoms with Gasteiger partial charge in [-0.3, -0.25) is 9.69 Å². The highest BCUT2D eigenvalue weighted by Crippen LogP contribution is 1.93. The van der Waals surface area contributed by atoms with Crippen molar-refractivity contribution in [3.8, 4) is 0 Å². The molecule has 0 bridgehead atoms. The lowest BCUT2D eigenvalue weighted by atomic mass is 10.3. The lowest BCUT2D eigenvalue weighted by Crippen LogP contribution is -2.35. The Bertz CT molecular complexity index is 134. The van der Waals surface area contributed by atoms with Crippen LogP contribution in [-0.4, -0.2) is 30.4 Å². The molecule has 0 saturated carbocycles. The van der Waals surface area contributed by atoms with E-state index in [0.717, 1.165) is 0 Å². The summed E-state index contributed by atoms with van der Waals surface area (Å²) in [7, 11) is 1.83. The molecule has 0 radical (unpaired) electrons. The number of likely N-dealkylation sites (N-methyl/N-ethyl adjacent to an activating group) is 1. The van der Waals surface area contributed by atoms with E-state index >= 15 is 0 Å². The molecule has 10 heavy (non-hydrogen) atoms. The highest BCUT2D eigenvalue weighted by Gasteiger charge is 2.06. The summed E-state index contributed by atoms with van der Waals surface area (Å²) < 4.78 is 0. The fourth-order valence-electron chi connectivity index (χ4n) is 0.570. The molecule has 0 spiro atoms. The number of nitrogens with two attached hydrogens (primary N) is 1. The Kier molecular flexibility index (Phi) is 3.72. The van der Waals surface area contributed by atoms with Crippen molar-refractivity contribution >= 4 is 5.91 Å². The van der Waals surface area contributed by atoms with E-state index in [2.05, 4.69) is 6.58 Å². The van der Waals surface area contributed by atoms with Crippen LogP contribution in [0.4, 0.5) is 0 Å². The summed E-state index contributed by atoms with van der Waals surface area (Å²) in [5, 5.41) is 0. The topological polar surface area (TPSA) is 46.3 Å². The van der Waals surface area contributed by atoms with Crippen LogP contribution in [0.2, 0.25) is 0 Å². The molecule has 0 aromatic rings. The van der Waals surface area contributed by atoms with Gasteiger partial charge >= 0.3 is 0 Å². The summed E-state index contributed by atoms with van der Waals surface area (Å²) in [5.74, 6) is -0.309. The monoisotopic (exact) mass is 142 g/mol. The Balaban J connectivity index is 3.71. The lowest BCUT2D eigenvalue weighted by molar-refractivity contribution is -0.119. The summed E-state index contributed by atoms with van der Waals surface area (Å²) in [6.07, 6.45) is 1.77. The molecule has 0 rings (SSSR count). The van der Waals surface area contributed by atoms with Gasteiger partial charge in [-0.25, -0.2) is 0 Å². The molecule has 1 unspecified atom stereocenters. The molecule has 0 aromatic heterocycles. The Morgan fingerprint density at radius 2 is 2.40 bits per heavy atom. The van der Waals surface area contributed by atoms with E-state index < -0.39 is 0 Å². The van der Waals surface area contributed by atoms with E-state index in [-0.39, 0.29) is 18.5 Å². The van der Waals surface area contributed by atoms with Gasteiger partial charge < -0.3 is 5.73 Å². The van der Waals surface area contributed by atoms with Gasteiger partial charge in [0.1, 0.15) is 0 Å². The summed E-state index contributed by atoms with van der Waals surface area (Å²) >= 11 is 0. The maximum absolute atomic E-state index is 10.4. The number of carbonyl (C=O) groups excluding carboxylic acids is 1. The van der Waals surface area contributed by atoms with Crippen LogP contribution in [0.5, 0.6) is 0 Å². The Morgan fingerprint density at radius 3 is 2.70 bits per heavy atom. The highest BCUT2D eigenvalue weighted by atomic mass is 16.1. The van der Waals surface area contributed by atoms with Gasteiger partial charge in [0, 0.05) is 6.04 Å². The van der Waals surface area contributed by atoms with Gasteiger partial charge in [0.05, 0.1) is 6.54 Å². The Hall–Kier alpha value is -0.830. The van der Waals surface area contributed by atoms with Crippen LogP contribution in [-0.2, 0) is 4.79 Å². The van der Waals surface area contributed by atoms with Crippen molar-refractivity contribution in [1.82, 2.24) is 4.90 Å². The zero-order chi connectivity index (χ0) is 8.15. The van der Waals surface area contributed by atoms with Gasteiger partial charge in [-0.05, 0) is 14.0 Å². The second-order valence-electron chi connectivity index (χ2n) is 2.36. The maximum Gasteiger partial charge on any atom is 0.231 e. The third-order valence-corrected chi connectivity index (χ3v) is 1.44. The van der Waals surface area contributed by atoms with E-state index in [1.807, 2.05) is 18.9 Å². The van der Waals surface area contributed by atoms with Crippen molar-refractivity contribution in [2.24, 2.45) is 5.73 Å². The van der Waals surface area contributed by atoms with Crippen LogP contribution in [0.3, 0.4) is 0 Å². The predicted octanol–water partition coefficient (Wildman–Crippen LogP) is -0.0220. The molecule has 0 heterocycles. The van der Waals surface area contributed by atoms with Gasteiger partial charge in [-0.2, -0.15) is 0 Å².